The van der Waals surface area contributed by atoms with E-state index in [2.05, 4.69) is 25.2 Å². The fourth-order valence-corrected chi connectivity index (χ4v) is 2.74. The van der Waals surface area contributed by atoms with Gasteiger partial charge >= 0.3 is 0 Å². The molecule has 3 heteroatoms. The van der Waals surface area contributed by atoms with Gasteiger partial charge in [0.25, 0.3) is 5.91 Å². The molecular weight excluding hydrogens is 226 g/mol. The third-order valence-corrected chi connectivity index (χ3v) is 3.56. The molecule has 1 aliphatic rings. The van der Waals surface area contributed by atoms with Crippen LogP contribution in [0.5, 0.6) is 0 Å². The van der Waals surface area contributed by atoms with E-state index >= 15 is 0 Å². The Hall–Kier alpha value is -1.87. The second-order valence-electron chi connectivity index (χ2n) is 4.99. The molecule has 0 bridgehead atoms. The van der Waals surface area contributed by atoms with Gasteiger partial charge in [0, 0.05) is 11.1 Å². The van der Waals surface area contributed by atoms with Crippen molar-refractivity contribution in [1.82, 2.24) is 0 Å². The van der Waals surface area contributed by atoms with Crippen LogP contribution in [0.15, 0.2) is 24.3 Å². The molecule has 0 saturated carbocycles. The summed E-state index contributed by atoms with van der Waals surface area (Å²) in [5.41, 5.74) is 3.31. The van der Waals surface area contributed by atoms with E-state index in [1.54, 1.807) is 0 Å². The highest BCUT2D eigenvalue weighted by atomic mass is 16.3. The van der Waals surface area contributed by atoms with E-state index in [4.69, 9.17) is 0 Å². The van der Waals surface area contributed by atoms with Crippen LogP contribution in [-0.4, -0.2) is 11.0 Å². The van der Waals surface area contributed by atoms with Crippen LogP contribution in [0, 0.1) is 0 Å². The quantitative estimate of drug-likeness (QED) is 0.849. The van der Waals surface area contributed by atoms with Crippen LogP contribution in [0.4, 0.5) is 5.69 Å². The van der Waals surface area contributed by atoms with Crippen molar-refractivity contribution in [1.29, 1.82) is 0 Å². The van der Waals surface area contributed by atoms with E-state index in [1.807, 2.05) is 18.2 Å². The Morgan fingerprint density at radius 1 is 1.33 bits per heavy atom. The van der Waals surface area contributed by atoms with Crippen molar-refractivity contribution in [3.8, 4) is 0 Å². The topological polar surface area (TPSA) is 49.3 Å². The first kappa shape index (κ1) is 11.2. The fraction of sp³-hybridized carbons (Fsp3) is 0.267. The van der Waals surface area contributed by atoms with Crippen LogP contribution < -0.4 is 5.32 Å². The van der Waals surface area contributed by atoms with Crippen LogP contribution in [0.2, 0.25) is 0 Å². The molecule has 92 valence electrons. The zero-order valence-electron chi connectivity index (χ0n) is 10.4. The number of carbonyl (C=O) groups is 1. The number of aliphatic hydroxyl groups excluding tert-OH is 1. The number of amides is 1. The maximum Gasteiger partial charge on any atom is 0.256 e. The average molecular weight is 241 g/mol. The number of carbonyl (C=O) groups excluding carboxylic acids is 1. The van der Waals surface area contributed by atoms with Crippen molar-refractivity contribution in [3.05, 3.63) is 41.0 Å². The first-order valence-electron chi connectivity index (χ1n) is 6.14. The summed E-state index contributed by atoms with van der Waals surface area (Å²) < 4.78 is 0. The number of hydrogen-bond acceptors (Lipinski definition) is 2. The Morgan fingerprint density at radius 2 is 2.11 bits per heavy atom. The highest BCUT2D eigenvalue weighted by Crippen LogP contribution is 2.38. The molecule has 0 aliphatic carbocycles. The van der Waals surface area contributed by atoms with Gasteiger partial charge in [0.15, 0.2) is 0 Å². The van der Waals surface area contributed by atoms with Gasteiger partial charge in [-0.1, -0.05) is 32.0 Å². The van der Waals surface area contributed by atoms with Gasteiger partial charge in [0.05, 0.1) is 12.2 Å². The van der Waals surface area contributed by atoms with Crippen molar-refractivity contribution in [2.24, 2.45) is 0 Å². The van der Waals surface area contributed by atoms with Crippen LogP contribution in [0.3, 0.4) is 0 Å². The molecule has 2 aromatic rings. The normalized spacial score (nSPS) is 13.4. The zero-order chi connectivity index (χ0) is 12.9. The van der Waals surface area contributed by atoms with Crippen molar-refractivity contribution >= 4 is 22.4 Å². The Balaban J connectivity index is 2.47. The summed E-state index contributed by atoms with van der Waals surface area (Å²) >= 11 is 0. The van der Waals surface area contributed by atoms with Crippen molar-refractivity contribution in [2.75, 3.05) is 5.32 Å². The third kappa shape index (κ3) is 1.37. The highest BCUT2D eigenvalue weighted by Gasteiger charge is 2.26. The van der Waals surface area contributed by atoms with Gasteiger partial charge < -0.3 is 10.4 Å². The molecule has 1 amide bonds. The lowest BCUT2D eigenvalue weighted by atomic mass is 9.89. The van der Waals surface area contributed by atoms with Crippen molar-refractivity contribution < 1.29 is 9.90 Å². The molecule has 0 fully saturated rings. The SMILES string of the molecule is CC(C)c1cc2cccc3c2c(c1CO)C(=O)N3. The van der Waals surface area contributed by atoms with Gasteiger partial charge in [-0.3, -0.25) is 4.79 Å². The molecule has 2 aromatic carbocycles. The minimum atomic E-state index is -0.104. The molecule has 0 saturated heterocycles. The van der Waals surface area contributed by atoms with Gasteiger partial charge in [-0.05, 0) is 28.5 Å². The second-order valence-corrected chi connectivity index (χ2v) is 4.99. The van der Waals surface area contributed by atoms with Crippen LogP contribution in [-0.2, 0) is 6.61 Å². The van der Waals surface area contributed by atoms with E-state index in [9.17, 15) is 9.90 Å². The fourth-order valence-electron chi connectivity index (χ4n) is 2.74. The van der Waals surface area contributed by atoms with E-state index in [0.29, 0.717) is 5.56 Å². The molecule has 0 radical (unpaired) electrons. The standard InChI is InChI=1S/C15H15NO2/c1-8(2)10-6-9-4-3-5-12-13(9)14(11(10)7-17)15(18)16-12/h3-6,8,17H,7H2,1-2H3,(H,16,18). The van der Waals surface area contributed by atoms with E-state index in [0.717, 1.165) is 27.6 Å². The van der Waals surface area contributed by atoms with Gasteiger partial charge in [-0.25, -0.2) is 0 Å². The van der Waals surface area contributed by atoms with Crippen molar-refractivity contribution in [3.63, 3.8) is 0 Å². The number of rotatable bonds is 2. The number of anilines is 1. The van der Waals surface area contributed by atoms with Crippen LogP contribution in [0.25, 0.3) is 10.8 Å². The summed E-state index contributed by atoms with van der Waals surface area (Å²) in [7, 11) is 0. The average Bonchev–Trinajstić information content (AvgIpc) is 2.68. The zero-order valence-corrected chi connectivity index (χ0v) is 10.4. The maximum atomic E-state index is 12.1. The maximum absolute atomic E-state index is 12.1. The van der Waals surface area contributed by atoms with Crippen LogP contribution >= 0.6 is 0 Å². The summed E-state index contributed by atoms with van der Waals surface area (Å²) in [6.45, 7) is 4.05. The van der Waals surface area contributed by atoms with Gasteiger partial charge in [0.1, 0.15) is 0 Å². The summed E-state index contributed by atoms with van der Waals surface area (Å²) in [6, 6.07) is 7.93. The Kier molecular flexibility index (Phi) is 2.38. The molecule has 0 aromatic heterocycles. The second kappa shape index (κ2) is 3.82. The van der Waals surface area contributed by atoms with Crippen molar-refractivity contribution in [2.45, 2.75) is 26.4 Å². The Bertz CT molecular complexity index is 659. The predicted octanol–water partition coefficient (Wildman–Crippen LogP) is 3.02. The monoisotopic (exact) mass is 241 g/mol. The summed E-state index contributed by atoms with van der Waals surface area (Å²) in [4.78, 5) is 12.1. The first-order chi connectivity index (χ1) is 8.63. The summed E-state index contributed by atoms with van der Waals surface area (Å²) in [5, 5.41) is 14.5. The summed E-state index contributed by atoms with van der Waals surface area (Å²) in [6.07, 6.45) is 0. The van der Waals surface area contributed by atoms with Gasteiger partial charge in [-0.2, -0.15) is 0 Å². The van der Waals surface area contributed by atoms with Gasteiger partial charge in [0.2, 0.25) is 0 Å². The number of nitrogens with one attached hydrogen (secondary N) is 1. The lowest BCUT2D eigenvalue weighted by Gasteiger charge is -2.14. The predicted molar refractivity (Wildman–Crippen MR) is 71.9 cm³/mol. The number of hydrogen-bond donors (Lipinski definition) is 2. The summed E-state index contributed by atoms with van der Waals surface area (Å²) in [5.74, 6) is 0.178. The lowest BCUT2D eigenvalue weighted by Crippen LogP contribution is -2.10. The molecule has 18 heavy (non-hydrogen) atoms. The molecular formula is C15H15NO2. The minimum absolute atomic E-state index is 0.0967. The molecule has 3 nitrogen and oxygen atoms in total. The molecule has 3 rings (SSSR count). The van der Waals surface area contributed by atoms with E-state index < -0.39 is 0 Å². The molecule has 1 aliphatic heterocycles. The Labute approximate surface area is 105 Å². The largest absolute Gasteiger partial charge is 0.392 e. The lowest BCUT2D eigenvalue weighted by molar-refractivity contribution is 0.102. The molecule has 0 unspecified atom stereocenters. The van der Waals surface area contributed by atoms with Gasteiger partial charge in [-0.15, -0.1) is 0 Å². The van der Waals surface area contributed by atoms with E-state index in [1.165, 1.54) is 0 Å². The molecule has 0 atom stereocenters. The number of aliphatic hydroxyl groups is 1. The minimum Gasteiger partial charge on any atom is -0.392 e. The smallest absolute Gasteiger partial charge is 0.256 e. The molecule has 2 N–H and O–H groups in total. The molecule has 1 heterocycles. The Morgan fingerprint density at radius 3 is 2.78 bits per heavy atom. The molecule has 0 spiro atoms. The number of benzene rings is 2. The third-order valence-electron chi connectivity index (χ3n) is 3.56. The van der Waals surface area contributed by atoms with E-state index in [-0.39, 0.29) is 18.4 Å². The highest BCUT2D eigenvalue weighted by molar-refractivity contribution is 6.24. The first-order valence-corrected chi connectivity index (χ1v) is 6.14. The van der Waals surface area contributed by atoms with Crippen LogP contribution in [0.1, 0.15) is 41.3 Å².